The summed E-state index contributed by atoms with van der Waals surface area (Å²) in [6, 6.07) is 0. The molecule has 0 saturated heterocycles. The SMILES string of the molecule is COCCc1c(C(=O)O)nnn1CCCS(C)(=O)=O. The molecule has 0 atom stereocenters. The van der Waals surface area contributed by atoms with E-state index in [1.807, 2.05) is 0 Å². The van der Waals surface area contributed by atoms with E-state index in [1.165, 1.54) is 11.8 Å². The number of aromatic nitrogens is 3. The van der Waals surface area contributed by atoms with Gasteiger partial charge in [-0.05, 0) is 6.42 Å². The zero-order valence-corrected chi connectivity index (χ0v) is 11.7. The molecule has 0 unspecified atom stereocenters. The van der Waals surface area contributed by atoms with Crippen molar-refractivity contribution in [3.8, 4) is 0 Å². The van der Waals surface area contributed by atoms with Gasteiger partial charge in [-0.25, -0.2) is 17.9 Å². The Morgan fingerprint density at radius 1 is 1.47 bits per heavy atom. The molecule has 1 N–H and O–H groups in total. The third-order valence-electron chi connectivity index (χ3n) is 2.47. The Hall–Kier alpha value is -1.48. The Labute approximate surface area is 111 Å². The normalized spacial score (nSPS) is 11.7. The third kappa shape index (κ3) is 4.95. The van der Waals surface area contributed by atoms with Gasteiger partial charge in [0.25, 0.3) is 0 Å². The highest BCUT2D eigenvalue weighted by molar-refractivity contribution is 7.90. The monoisotopic (exact) mass is 291 g/mol. The molecular formula is C10H17N3O5S. The molecule has 108 valence electrons. The van der Waals surface area contributed by atoms with E-state index in [2.05, 4.69) is 10.3 Å². The smallest absolute Gasteiger partial charge is 0.358 e. The number of aromatic carboxylic acids is 1. The first-order chi connectivity index (χ1) is 8.85. The van der Waals surface area contributed by atoms with Gasteiger partial charge < -0.3 is 9.84 Å². The van der Waals surface area contributed by atoms with Crippen LogP contribution in [0.15, 0.2) is 0 Å². The van der Waals surface area contributed by atoms with Crippen LogP contribution in [0.25, 0.3) is 0 Å². The molecule has 0 amide bonds. The molecule has 0 aromatic carbocycles. The second-order valence-electron chi connectivity index (χ2n) is 4.14. The van der Waals surface area contributed by atoms with Crippen LogP contribution >= 0.6 is 0 Å². The van der Waals surface area contributed by atoms with E-state index in [4.69, 9.17) is 9.84 Å². The molecule has 8 nitrogen and oxygen atoms in total. The minimum atomic E-state index is -3.04. The summed E-state index contributed by atoms with van der Waals surface area (Å²) in [5, 5.41) is 16.3. The number of sulfone groups is 1. The number of hydrogen-bond donors (Lipinski definition) is 1. The van der Waals surface area contributed by atoms with Crippen LogP contribution in [0, 0.1) is 0 Å². The Kier molecular flexibility index (Phi) is 5.43. The Balaban J connectivity index is 2.79. The van der Waals surface area contributed by atoms with Crippen molar-refractivity contribution in [1.29, 1.82) is 0 Å². The molecule has 9 heteroatoms. The molecule has 19 heavy (non-hydrogen) atoms. The number of carboxylic acids is 1. The largest absolute Gasteiger partial charge is 0.476 e. The quantitative estimate of drug-likeness (QED) is 0.693. The first kappa shape index (κ1) is 15.6. The number of nitrogens with zero attached hydrogens (tertiary/aromatic N) is 3. The summed E-state index contributed by atoms with van der Waals surface area (Å²) in [5.74, 6) is -1.13. The molecule has 0 aliphatic carbocycles. The molecule has 1 rings (SSSR count). The van der Waals surface area contributed by atoms with E-state index >= 15 is 0 Å². The summed E-state index contributed by atoms with van der Waals surface area (Å²) in [7, 11) is -1.52. The summed E-state index contributed by atoms with van der Waals surface area (Å²) in [6.45, 7) is 0.659. The molecule has 1 aromatic rings. The predicted octanol–water partition coefficient (Wildman–Crippen LogP) is -0.400. The molecule has 0 aliphatic heterocycles. The van der Waals surface area contributed by atoms with Gasteiger partial charge in [-0.15, -0.1) is 5.10 Å². The lowest BCUT2D eigenvalue weighted by Crippen LogP contribution is -2.13. The van der Waals surface area contributed by atoms with Gasteiger partial charge in [0.1, 0.15) is 9.84 Å². The fourth-order valence-electron chi connectivity index (χ4n) is 1.60. The van der Waals surface area contributed by atoms with Crippen LogP contribution in [0.5, 0.6) is 0 Å². The minimum absolute atomic E-state index is 0.0268. The van der Waals surface area contributed by atoms with E-state index in [0.717, 1.165) is 6.26 Å². The second kappa shape index (κ2) is 6.62. The maximum absolute atomic E-state index is 11.0. The van der Waals surface area contributed by atoms with Crippen LogP contribution < -0.4 is 0 Å². The number of rotatable bonds is 8. The van der Waals surface area contributed by atoms with Gasteiger partial charge in [0.15, 0.2) is 5.69 Å². The molecule has 0 aliphatic rings. The summed E-state index contributed by atoms with van der Waals surface area (Å²) in [4.78, 5) is 11.0. The molecular weight excluding hydrogens is 274 g/mol. The van der Waals surface area contributed by atoms with Crippen LogP contribution in [0.3, 0.4) is 0 Å². The fourth-order valence-corrected chi connectivity index (χ4v) is 2.25. The zero-order valence-electron chi connectivity index (χ0n) is 10.9. The summed E-state index contributed by atoms with van der Waals surface area (Å²) in [6.07, 6.45) is 1.88. The lowest BCUT2D eigenvalue weighted by Gasteiger charge is -2.06. The van der Waals surface area contributed by atoms with Crippen molar-refractivity contribution in [3.05, 3.63) is 11.4 Å². The minimum Gasteiger partial charge on any atom is -0.476 e. The maximum atomic E-state index is 11.0. The number of ether oxygens (including phenoxy) is 1. The highest BCUT2D eigenvalue weighted by Crippen LogP contribution is 2.08. The van der Waals surface area contributed by atoms with Crippen LogP contribution in [0.2, 0.25) is 0 Å². The topological polar surface area (TPSA) is 111 Å². The van der Waals surface area contributed by atoms with E-state index in [1.54, 1.807) is 0 Å². The van der Waals surface area contributed by atoms with Crippen molar-refractivity contribution >= 4 is 15.8 Å². The lowest BCUT2D eigenvalue weighted by atomic mass is 10.2. The number of carbonyl (C=O) groups is 1. The summed E-state index contributed by atoms with van der Waals surface area (Å²) < 4.78 is 28.4. The predicted molar refractivity (Wildman–Crippen MR) is 66.9 cm³/mol. The zero-order chi connectivity index (χ0) is 14.5. The highest BCUT2D eigenvalue weighted by Gasteiger charge is 2.18. The van der Waals surface area contributed by atoms with Crippen molar-refractivity contribution in [2.45, 2.75) is 19.4 Å². The molecule has 0 radical (unpaired) electrons. The first-order valence-corrected chi connectivity index (χ1v) is 7.73. The van der Waals surface area contributed by atoms with Crippen molar-refractivity contribution in [2.24, 2.45) is 0 Å². The van der Waals surface area contributed by atoms with E-state index < -0.39 is 15.8 Å². The van der Waals surface area contributed by atoms with Crippen molar-refractivity contribution < 1.29 is 23.1 Å². The number of methoxy groups -OCH3 is 1. The molecule has 1 aromatic heterocycles. The van der Waals surface area contributed by atoms with E-state index in [0.29, 0.717) is 31.7 Å². The van der Waals surface area contributed by atoms with E-state index in [9.17, 15) is 13.2 Å². The van der Waals surface area contributed by atoms with Gasteiger partial charge in [-0.1, -0.05) is 5.21 Å². The Morgan fingerprint density at radius 2 is 2.16 bits per heavy atom. The average molecular weight is 291 g/mol. The standard InChI is InChI=1S/C10H17N3O5S/c1-18-6-4-8-9(10(14)15)11-12-13(8)5-3-7-19(2,16)17/h3-7H2,1-2H3,(H,14,15). The molecule has 0 fully saturated rings. The molecule has 1 heterocycles. The van der Waals surface area contributed by atoms with Gasteiger partial charge in [-0.2, -0.15) is 0 Å². The highest BCUT2D eigenvalue weighted by atomic mass is 32.2. The Morgan fingerprint density at radius 3 is 2.68 bits per heavy atom. The van der Waals surface area contributed by atoms with Gasteiger partial charge in [-0.3, -0.25) is 0 Å². The van der Waals surface area contributed by atoms with Gasteiger partial charge in [0, 0.05) is 26.3 Å². The number of aryl methyl sites for hydroxylation is 1. The maximum Gasteiger partial charge on any atom is 0.358 e. The second-order valence-corrected chi connectivity index (χ2v) is 6.40. The molecule has 0 spiro atoms. The van der Waals surface area contributed by atoms with Crippen LogP contribution in [0.4, 0.5) is 0 Å². The van der Waals surface area contributed by atoms with Crippen molar-refractivity contribution in [1.82, 2.24) is 15.0 Å². The first-order valence-electron chi connectivity index (χ1n) is 5.67. The number of carboxylic acid groups (broad SMARTS) is 1. The lowest BCUT2D eigenvalue weighted by molar-refractivity contribution is 0.0688. The van der Waals surface area contributed by atoms with Crippen LogP contribution in [-0.2, 0) is 27.5 Å². The van der Waals surface area contributed by atoms with E-state index in [-0.39, 0.29) is 11.4 Å². The fraction of sp³-hybridized carbons (Fsp3) is 0.700. The summed E-state index contributed by atoms with van der Waals surface area (Å²) in [5.41, 5.74) is 0.333. The molecule has 0 saturated carbocycles. The average Bonchev–Trinajstić information content (AvgIpc) is 2.68. The van der Waals surface area contributed by atoms with Gasteiger partial charge in [0.05, 0.1) is 18.1 Å². The van der Waals surface area contributed by atoms with Crippen molar-refractivity contribution in [2.75, 3.05) is 25.7 Å². The van der Waals surface area contributed by atoms with Gasteiger partial charge >= 0.3 is 5.97 Å². The third-order valence-corrected chi connectivity index (χ3v) is 3.50. The summed E-state index contributed by atoms with van der Waals surface area (Å²) >= 11 is 0. The molecule has 0 bridgehead atoms. The number of hydrogen-bond acceptors (Lipinski definition) is 6. The van der Waals surface area contributed by atoms with Crippen LogP contribution in [0.1, 0.15) is 22.6 Å². The Bertz CT molecular complexity index is 537. The van der Waals surface area contributed by atoms with Gasteiger partial charge in [0.2, 0.25) is 0 Å². The van der Waals surface area contributed by atoms with Crippen LogP contribution in [-0.4, -0.2) is 60.2 Å². The van der Waals surface area contributed by atoms with Crippen molar-refractivity contribution in [3.63, 3.8) is 0 Å².